The van der Waals surface area contributed by atoms with Crippen LogP contribution in [0.2, 0.25) is 0 Å². The average molecular weight is 615 g/mol. The smallest absolute Gasteiger partial charge is 0.256 e. The zero-order valence-corrected chi connectivity index (χ0v) is 26.3. The molecule has 0 aromatic heterocycles. The lowest BCUT2D eigenvalue weighted by atomic mass is 9.98. The van der Waals surface area contributed by atoms with Crippen LogP contribution in [-0.2, 0) is 14.3 Å². The van der Waals surface area contributed by atoms with Crippen LogP contribution in [0, 0.1) is 10.8 Å². The van der Waals surface area contributed by atoms with E-state index in [1.165, 1.54) is 25.7 Å². The molecule has 2 saturated carbocycles. The number of unbranched alkanes of at least 4 members (excludes halogenated alkanes) is 2. The number of hydrogen-bond donors (Lipinski definition) is 0. The fraction of sp³-hybridized carbons (Fsp3) is 0.600. The van der Waals surface area contributed by atoms with E-state index in [9.17, 15) is 9.59 Å². The van der Waals surface area contributed by atoms with Crippen LogP contribution in [0.25, 0.3) is 0 Å². The van der Waals surface area contributed by atoms with Gasteiger partial charge in [-0.1, -0.05) is 0 Å². The first-order valence-corrected chi connectivity index (χ1v) is 16.6. The van der Waals surface area contributed by atoms with Crippen LogP contribution in [-0.4, -0.2) is 92.8 Å². The van der Waals surface area contributed by atoms with E-state index in [2.05, 4.69) is 0 Å². The third-order valence-electron chi connectivity index (χ3n) is 11.0. The summed E-state index contributed by atoms with van der Waals surface area (Å²) in [5.74, 6) is 1.94. The number of hydrogen-bond acceptors (Lipinski definition) is 8. The molecule has 4 aliphatic heterocycles. The number of amides is 2. The van der Waals surface area contributed by atoms with E-state index < -0.39 is 0 Å². The minimum absolute atomic E-state index is 0.0300. The second-order valence-electron chi connectivity index (χ2n) is 14.1. The van der Waals surface area contributed by atoms with E-state index in [0.717, 1.165) is 50.9 Å². The Kier molecular flexibility index (Phi) is 7.04. The Labute approximate surface area is 264 Å². The second-order valence-corrected chi connectivity index (χ2v) is 14.1. The third-order valence-corrected chi connectivity index (χ3v) is 11.0. The molecule has 4 fully saturated rings. The summed E-state index contributed by atoms with van der Waals surface area (Å²) in [5.41, 5.74) is 3.32. The zero-order chi connectivity index (χ0) is 30.8. The minimum atomic E-state index is -0.254. The highest BCUT2D eigenvalue weighted by Gasteiger charge is 2.54. The molecule has 1 aromatic rings. The topological polar surface area (TPSA) is 102 Å². The number of carbonyl (C=O) groups is 2. The lowest BCUT2D eigenvalue weighted by molar-refractivity contribution is -0.126. The number of ether oxygens (including phenoxy) is 4. The first-order chi connectivity index (χ1) is 21.9. The van der Waals surface area contributed by atoms with Gasteiger partial charge in [-0.15, -0.1) is 0 Å². The molecule has 2 spiro atoms. The molecule has 4 heterocycles. The van der Waals surface area contributed by atoms with Crippen LogP contribution in [0.4, 0.5) is 5.69 Å². The molecule has 3 atom stereocenters. The van der Waals surface area contributed by atoms with Gasteiger partial charge in [0.1, 0.15) is 11.9 Å². The molecule has 238 valence electrons. The maximum atomic E-state index is 13.4. The number of benzene rings is 1. The van der Waals surface area contributed by atoms with E-state index in [1.54, 1.807) is 20.3 Å². The number of methoxy groups -OCH3 is 2. The van der Waals surface area contributed by atoms with Crippen molar-refractivity contribution in [2.45, 2.75) is 82.4 Å². The number of nitrogens with zero attached hydrogens (tertiary/aromatic N) is 4. The molecule has 0 bridgehead atoms. The highest BCUT2D eigenvalue weighted by Crippen LogP contribution is 2.56. The van der Waals surface area contributed by atoms with Crippen molar-refractivity contribution in [2.24, 2.45) is 20.8 Å². The Hall–Kier alpha value is -3.66. The van der Waals surface area contributed by atoms with Crippen molar-refractivity contribution >= 4 is 29.9 Å². The molecule has 45 heavy (non-hydrogen) atoms. The van der Waals surface area contributed by atoms with Crippen LogP contribution >= 0.6 is 0 Å². The minimum Gasteiger partial charge on any atom is -0.498 e. The molecule has 2 saturated heterocycles. The molecule has 3 aliphatic carbocycles. The molecule has 0 N–H and O–H groups in total. The van der Waals surface area contributed by atoms with E-state index in [4.69, 9.17) is 28.9 Å². The monoisotopic (exact) mass is 614 g/mol. The molecule has 3 unspecified atom stereocenters. The van der Waals surface area contributed by atoms with Gasteiger partial charge in [-0.05, 0) is 80.8 Å². The van der Waals surface area contributed by atoms with Crippen molar-refractivity contribution in [2.75, 3.05) is 40.5 Å². The lowest BCUT2D eigenvalue weighted by Gasteiger charge is -2.26. The molecule has 7 aliphatic rings. The van der Waals surface area contributed by atoms with E-state index >= 15 is 0 Å². The highest BCUT2D eigenvalue weighted by atomic mass is 16.5. The molecule has 10 nitrogen and oxygen atoms in total. The maximum Gasteiger partial charge on any atom is 0.256 e. The van der Waals surface area contributed by atoms with Gasteiger partial charge in [0.2, 0.25) is 0 Å². The van der Waals surface area contributed by atoms with Crippen molar-refractivity contribution in [3.63, 3.8) is 0 Å². The highest BCUT2D eigenvalue weighted by molar-refractivity contribution is 6.04. The number of fused-ring (bicyclic) bond motifs is 3. The van der Waals surface area contributed by atoms with Crippen LogP contribution < -0.4 is 9.47 Å². The maximum absolute atomic E-state index is 13.4. The Balaban J connectivity index is 0.821. The second kappa shape index (κ2) is 11.0. The van der Waals surface area contributed by atoms with Gasteiger partial charge in [0.05, 0.1) is 55.4 Å². The van der Waals surface area contributed by atoms with E-state index in [-0.39, 0.29) is 30.0 Å². The van der Waals surface area contributed by atoms with Gasteiger partial charge in [-0.3, -0.25) is 19.6 Å². The lowest BCUT2D eigenvalue weighted by Crippen LogP contribution is -2.37. The molecule has 2 amide bonds. The normalized spacial score (nSPS) is 28.0. The molecular formula is C35H42N4O6. The van der Waals surface area contributed by atoms with Crippen molar-refractivity contribution < 1.29 is 28.5 Å². The summed E-state index contributed by atoms with van der Waals surface area (Å²) < 4.78 is 23.6. The molecule has 0 radical (unpaired) electrons. The van der Waals surface area contributed by atoms with Gasteiger partial charge >= 0.3 is 0 Å². The summed E-state index contributed by atoms with van der Waals surface area (Å²) in [7, 11) is 3.24. The van der Waals surface area contributed by atoms with Crippen LogP contribution in [0.3, 0.4) is 0 Å². The van der Waals surface area contributed by atoms with Crippen LogP contribution in [0.5, 0.6) is 11.5 Å². The predicted octanol–water partition coefficient (Wildman–Crippen LogP) is 4.99. The molecule has 1 aromatic carbocycles. The van der Waals surface area contributed by atoms with Gasteiger partial charge in [0.25, 0.3) is 11.8 Å². The first kappa shape index (κ1) is 28.8. The fourth-order valence-electron chi connectivity index (χ4n) is 7.87. The summed E-state index contributed by atoms with van der Waals surface area (Å²) in [5, 5.41) is 0. The quantitative estimate of drug-likeness (QED) is 0.344. The number of rotatable bonds is 10. The fourth-order valence-corrected chi connectivity index (χ4v) is 7.87. The van der Waals surface area contributed by atoms with Gasteiger partial charge < -0.3 is 28.7 Å². The third kappa shape index (κ3) is 5.24. The van der Waals surface area contributed by atoms with Gasteiger partial charge in [0.15, 0.2) is 11.5 Å². The summed E-state index contributed by atoms with van der Waals surface area (Å²) in [6.45, 7) is 2.75. The molecule has 8 rings (SSSR count). The van der Waals surface area contributed by atoms with Crippen LogP contribution in [0.15, 0.2) is 45.2 Å². The summed E-state index contributed by atoms with van der Waals surface area (Å²) >= 11 is 0. The standard InChI is InChI=1S/C35H42N4O6/c1-42-28-12-24-26(36-18-22-16-34(6-7-34)20-38(22)32(24)40)14-30(28)44-10-4-3-5-11-45-31-15-27-25(13-29(31)43-2)33(41)39-21-35(8-9-35)17-23(39)19-37-27/h12-14,18-19,22-23,31H,3-11,15-17,20-21H2,1-2H3. The van der Waals surface area contributed by atoms with Gasteiger partial charge in [0, 0.05) is 44.6 Å². The number of aliphatic imine (C=N–C) groups is 2. The SMILES string of the molecule is COC1=CC2=C(CC1OCCCCCOc1cc3c(cc1OC)C(=O)N1CC4(CC4)CC1C=N3)N=CC1CC3(CC3)CN1C2=O. The predicted molar refractivity (Wildman–Crippen MR) is 168 cm³/mol. The van der Waals surface area contributed by atoms with Crippen molar-refractivity contribution in [3.8, 4) is 11.5 Å². The van der Waals surface area contributed by atoms with Crippen LogP contribution in [0.1, 0.15) is 74.6 Å². The van der Waals surface area contributed by atoms with E-state index in [0.29, 0.717) is 64.5 Å². The van der Waals surface area contributed by atoms with E-state index in [1.807, 2.05) is 34.4 Å². The summed E-state index contributed by atoms with van der Waals surface area (Å²) in [6, 6.07) is 3.78. The molecule has 10 heteroatoms. The van der Waals surface area contributed by atoms with Crippen molar-refractivity contribution in [1.82, 2.24) is 9.80 Å². The summed E-state index contributed by atoms with van der Waals surface area (Å²) in [4.78, 5) is 40.3. The first-order valence-electron chi connectivity index (χ1n) is 16.6. The Morgan fingerprint density at radius 2 is 1.51 bits per heavy atom. The average Bonchev–Trinajstić information content (AvgIpc) is 3.93. The Morgan fingerprint density at radius 1 is 0.822 bits per heavy atom. The zero-order valence-electron chi connectivity index (χ0n) is 26.3. The summed E-state index contributed by atoms with van der Waals surface area (Å²) in [6.07, 6.45) is 15.5. The Morgan fingerprint density at radius 3 is 2.20 bits per heavy atom. The van der Waals surface area contributed by atoms with Gasteiger partial charge in [-0.25, -0.2) is 0 Å². The van der Waals surface area contributed by atoms with Crippen molar-refractivity contribution in [3.05, 3.63) is 40.8 Å². The number of carbonyl (C=O) groups excluding carboxylic acids is 2. The van der Waals surface area contributed by atoms with Crippen molar-refractivity contribution in [1.29, 1.82) is 0 Å². The Bertz CT molecular complexity index is 1540. The van der Waals surface area contributed by atoms with Gasteiger partial charge in [-0.2, -0.15) is 0 Å². The largest absolute Gasteiger partial charge is 0.498 e. The molecular weight excluding hydrogens is 572 g/mol.